The minimum atomic E-state index is -0.684. The molecule has 2 fully saturated rings. The third kappa shape index (κ3) is 4.58. The molecule has 2 aliphatic carbocycles. The minimum Gasteiger partial charge on any atom is -0.450 e. The maximum Gasteiger partial charge on any atom is 0.162 e. The lowest BCUT2D eigenvalue weighted by atomic mass is 9.70. The van der Waals surface area contributed by atoms with E-state index in [-0.39, 0.29) is 5.92 Å². The van der Waals surface area contributed by atoms with Crippen molar-refractivity contribution < 1.29 is 13.5 Å². The summed E-state index contributed by atoms with van der Waals surface area (Å²) in [4.78, 5) is 0. The smallest absolute Gasteiger partial charge is 0.162 e. The molecule has 0 amide bonds. The zero-order chi connectivity index (χ0) is 18.4. The van der Waals surface area contributed by atoms with E-state index in [1.165, 1.54) is 52.1 Å². The molecule has 0 unspecified atom stereocenters. The quantitative estimate of drug-likeness (QED) is 0.568. The molecule has 0 aromatic heterocycles. The summed E-state index contributed by atoms with van der Waals surface area (Å²) in [6, 6.07) is 3.55. The average Bonchev–Trinajstić information content (AvgIpc) is 2.69. The van der Waals surface area contributed by atoms with Crippen molar-refractivity contribution in [2.45, 2.75) is 76.5 Å². The Bertz CT molecular complexity index is 644. The summed E-state index contributed by atoms with van der Waals surface area (Å²) in [6.07, 6.45) is 14.6. The van der Waals surface area contributed by atoms with Crippen molar-refractivity contribution >= 4 is 0 Å². The van der Waals surface area contributed by atoms with E-state index < -0.39 is 11.6 Å². The van der Waals surface area contributed by atoms with Crippen molar-refractivity contribution in [2.24, 2.45) is 11.8 Å². The van der Waals surface area contributed by atoms with Crippen LogP contribution in [0.4, 0.5) is 8.78 Å². The van der Waals surface area contributed by atoms with Crippen molar-refractivity contribution in [2.75, 3.05) is 7.11 Å². The van der Waals surface area contributed by atoms with E-state index in [1.807, 2.05) is 6.07 Å². The molecule has 2 saturated carbocycles. The van der Waals surface area contributed by atoms with Crippen LogP contribution in [-0.2, 0) is 11.2 Å². The van der Waals surface area contributed by atoms with Gasteiger partial charge in [-0.15, -0.1) is 0 Å². The Kier molecular flexibility index (Phi) is 6.94. The number of rotatable bonds is 4. The lowest BCUT2D eigenvalue weighted by Crippen LogP contribution is -2.23. The molecule has 1 aromatic rings. The molecule has 0 saturated heterocycles. The van der Waals surface area contributed by atoms with Crippen LogP contribution >= 0.6 is 0 Å². The second-order valence-electron chi connectivity index (χ2n) is 7.93. The van der Waals surface area contributed by atoms with Gasteiger partial charge in [0, 0.05) is 6.42 Å². The molecule has 3 rings (SSSR count). The zero-order valence-corrected chi connectivity index (χ0v) is 15.8. The first-order valence-corrected chi connectivity index (χ1v) is 10.2. The Morgan fingerprint density at radius 3 is 2.31 bits per heavy atom. The van der Waals surface area contributed by atoms with Gasteiger partial charge in [0.1, 0.15) is 6.11 Å². The molecule has 0 heterocycles. The second-order valence-corrected chi connectivity index (χ2v) is 7.93. The molecule has 0 atom stereocenters. The van der Waals surface area contributed by atoms with Crippen molar-refractivity contribution in [1.29, 1.82) is 0 Å². The SMILES string of the molecule is COC#CCCc1ccc(C2CCC(C3CCCCC3)CC2)c(F)c1F. The first-order valence-electron chi connectivity index (χ1n) is 10.2. The number of benzene rings is 1. The summed E-state index contributed by atoms with van der Waals surface area (Å²) in [5, 5.41) is 0. The van der Waals surface area contributed by atoms with Gasteiger partial charge in [-0.1, -0.05) is 50.2 Å². The molecule has 0 spiro atoms. The summed E-state index contributed by atoms with van der Waals surface area (Å²) in [5.74, 6) is 3.32. The van der Waals surface area contributed by atoms with Crippen LogP contribution in [0.3, 0.4) is 0 Å². The summed E-state index contributed by atoms with van der Waals surface area (Å²) in [5.41, 5.74) is 0.990. The maximum absolute atomic E-state index is 14.6. The van der Waals surface area contributed by atoms with Gasteiger partial charge in [-0.2, -0.15) is 0 Å². The van der Waals surface area contributed by atoms with Crippen molar-refractivity contribution in [1.82, 2.24) is 0 Å². The van der Waals surface area contributed by atoms with E-state index in [9.17, 15) is 8.78 Å². The van der Waals surface area contributed by atoms with Crippen molar-refractivity contribution in [3.8, 4) is 12.0 Å². The van der Waals surface area contributed by atoms with Crippen LogP contribution in [0.2, 0.25) is 0 Å². The van der Waals surface area contributed by atoms with Gasteiger partial charge in [0.25, 0.3) is 0 Å². The van der Waals surface area contributed by atoms with Gasteiger partial charge in [-0.05, 0) is 61.0 Å². The topological polar surface area (TPSA) is 9.23 Å². The van der Waals surface area contributed by atoms with Gasteiger partial charge in [-0.3, -0.25) is 0 Å². The highest BCUT2D eigenvalue weighted by atomic mass is 19.2. The van der Waals surface area contributed by atoms with E-state index in [0.717, 1.165) is 24.7 Å². The summed E-state index contributed by atoms with van der Waals surface area (Å²) < 4.78 is 33.7. The number of methoxy groups -OCH3 is 1. The van der Waals surface area contributed by atoms with Crippen molar-refractivity contribution in [3.63, 3.8) is 0 Å². The second kappa shape index (κ2) is 9.40. The number of aryl methyl sites for hydroxylation is 1. The third-order valence-corrected chi connectivity index (χ3v) is 6.41. The Hall–Kier alpha value is -1.56. The van der Waals surface area contributed by atoms with Gasteiger partial charge < -0.3 is 4.74 Å². The van der Waals surface area contributed by atoms with Crippen LogP contribution in [-0.4, -0.2) is 7.11 Å². The van der Waals surface area contributed by atoms with E-state index in [4.69, 9.17) is 0 Å². The molecule has 26 heavy (non-hydrogen) atoms. The van der Waals surface area contributed by atoms with Crippen LogP contribution in [0.15, 0.2) is 12.1 Å². The predicted molar refractivity (Wildman–Crippen MR) is 101 cm³/mol. The highest BCUT2D eigenvalue weighted by Crippen LogP contribution is 2.43. The first-order chi connectivity index (χ1) is 12.7. The van der Waals surface area contributed by atoms with Crippen LogP contribution in [0.5, 0.6) is 0 Å². The molecule has 0 radical (unpaired) electrons. The Balaban J connectivity index is 1.60. The van der Waals surface area contributed by atoms with E-state index in [2.05, 4.69) is 16.8 Å². The fraction of sp³-hybridized carbons (Fsp3) is 0.652. The molecule has 0 aliphatic heterocycles. The predicted octanol–water partition coefficient (Wildman–Crippen LogP) is 6.36. The largest absolute Gasteiger partial charge is 0.450 e. The molecular weight excluding hydrogens is 330 g/mol. The van der Waals surface area contributed by atoms with Crippen LogP contribution < -0.4 is 0 Å². The first kappa shape index (κ1) is 19.2. The monoisotopic (exact) mass is 360 g/mol. The Morgan fingerprint density at radius 2 is 1.62 bits per heavy atom. The van der Waals surface area contributed by atoms with Gasteiger partial charge >= 0.3 is 0 Å². The lowest BCUT2D eigenvalue weighted by molar-refractivity contribution is 0.185. The van der Waals surface area contributed by atoms with Crippen LogP contribution in [0.1, 0.15) is 81.3 Å². The van der Waals surface area contributed by atoms with Crippen LogP contribution in [0, 0.1) is 35.5 Å². The fourth-order valence-electron chi connectivity index (χ4n) is 4.94. The van der Waals surface area contributed by atoms with Gasteiger partial charge in [-0.25, -0.2) is 8.78 Å². The van der Waals surface area contributed by atoms with Crippen molar-refractivity contribution in [3.05, 3.63) is 34.9 Å². The zero-order valence-electron chi connectivity index (χ0n) is 15.8. The molecular formula is C23H30F2O. The molecule has 1 nitrogen and oxygen atoms in total. The summed E-state index contributed by atoms with van der Waals surface area (Å²) in [6.45, 7) is 0. The standard InChI is InChI=1S/C23H30F2O/c1-26-16-6-5-9-20-14-15-21(23(25)22(20)24)19-12-10-18(11-13-19)17-7-3-2-4-8-17/h14-15,17-19H,2-5,7-13H2,1H3. The fourth-order valence-corrected chi connectivity index (χ4v) is 4.94. The maximum atomic E-state index is 14.6. The molecule has 0 N–H and O–H groups in total. The summed E-state index contributed by atoms with van der Waals surface area (Å²) >= 11 is 0. The number of hydrogen-bond donors (Lipinski definition) is 0. The lowest BCUT2D eigenvalue weighted by Gasteiger charge is -2.36. The third-order valence-electron chi connectivity index (χ3n) is 6.41. The van der Waals surface area contributed by atoms with E-state index in [1.54, 1.807) is 6.07 Å². The van der Waals surface area contributed by atoms with E-state index >= 15 is 0 Å². The molecule has 3 heteroatoms. The molecule has 1 aromatic carbocycles. The number of ether oxygens (including phenoxy) is 1. The normalized spacial score (nSPS) is 24.0. The van der Waals surface area contributed by atoms with Gasteiger partial charge in [0.15, 0.2) is 11.6 Å². The Morgan fingerprint density at radius 1 is 0.923 bits per heavy atom. The highest BCUT2D eigenvalue weighted by molar-refractivity contribution is 5.30. The van der Waals surface area contributed by atoms with Gasteiger partial charge in [0.2, 0.25) is 0 Å². The van der Waals surface area contributed by atoms with E-state index in [0.29, 0.717) is 24.0 Å². The Labute approximate surface area is 156 Å². The number of halogens is 2. The molecule has 2 aliphatic rings. The highest BCUT2D eigenvalue weighted by Gasteiger charge is 2.30. The molecule has 142 valence electrons. The number of hydrogen-bond acceptors (Lipinski definition) is 1. The average molecular weight is 360 g/mol. The summed E-state index contributed by atoms with van der Waals surface area (Å²) in [7, 11) is 1.49. The molecule has 0 bridgehead atoms. The van der Waals surface area contributed by atoms with Gasteiger partial charge in [0.05, 0.1) is 7.11 Å². The van der Waals surface area contributed by atoms with Crippen LogP contribution in [0.25, 0.3) is 0 Å². The minimum absolute atomic E-state index is 0.173.